The minimum atomic E-state index is -3.19. The molecule has 1 aliphatic heterocycles. The van der Waals surface area contributed by atoms with Crippen LogP contribution in [-0.4, -0.2) is 53.6 Å². The third kappa shape index (κ3) is 3.84. The lowest BCUT2D eigenvalue weighted by atomic mass is 10.2. The van der Waals surface area contributed by atoms with E-state index in [1.807, 2.05) is 0 Å². The summed E-state index contributed by atoms with van der Waals surface area (Å²) in [4.78, 5) is 11.1. The zero-order valence-electron chi connectivity index (χ0n) is 14.0. The molecule has 0 unspecified atom stereocenters. The number of anilines is 1. The largest absolute Gasteiger partial charge is 0.356 e. The molecule has 1 saturated heterocycles. The maximum absolute atomic E-state index is 11.5. The molecule has 9 heteroatoms. The highest BCUT2D eigenvalue weighted by atomic mass is 32.2. The molecule has 0 amide bonds. The van der Waals surface area contributed by atoms with Gasteiger partial charge in [0.2, 0.25) is 10.0 Å². The van der Waals surface area contributed by atoms with Gasteiger partial charge in [0.1, 0.15) is 12.1 Å². The van der Waals surface area contributed by atoms with Gasteiger partial charge in [-0.05, 0) is 19.8 Å². The fraction of sp³-hybridized carbons (Fsp3) is 0.667. The molecule has 24 heavy (non-hydrogen) atoms. The SMILES string of the molecule is CCS(=O)(=O)NCCn1ncc2c(N3CCCCCC3)ncnc21. The van der Waals surface area contributed by atoms with E-state index in [1.54, 1.807) is 24.1 Å². The van der Waals surface area contributed by atoms with Gasteiger partial charge in [0.15, 0.2) is 5.65 Å². The fourth-order valence-electron chi connectivity index (χ4n) is 2.99. The van der Waals surface area contributed by atoms with Crippen molar-refractivity contribution in [3.05, 3.63) is 12.5 Å². The summed E-state index contributed by atoms with van der Waals surface area (Å²) < 4.78 is 27.3. The highest BCUT2D eigenvalue weighted by Gasteiger charge is 2.17. The monoisotopic (exact) mass is 352 g/mol. The molecular formula is C15H24N6O2S. The minimum absolute atomic E-state index is 0.0775. The molecule has 0 radical (unpaired) electrons. The Bertz CT molecular complexity index is 780. The van der Waals surface area contributed by atoms with Gasteiger partial charge in [-0.3, -0.25) is 0 Å². The van der Waals surface area contributed by atoms with E-state index in [4.69, 9.17) is 0 Å². The van der Waals surface area contributed by atoms with Crippen molar-refractivity contribution in [2.24, 2.45) is 0 Å². The van der Waals surface area contributed by atoms with Crippen LogP contribution in [0.2, 0.25) is 0 Å². The average Bonchev–Trinajstić information content (AvgIpc) is 2.81. The second kappa shape index (κ2) is 7.43. The van der Waals surface area contributed by atoms with E-state index in [0.29, 0.717) is 13.1 Å². The highest BCUT2D eigenvalue weighted by Crippen LogP contribution is 2.24. The molecule has 8 nitrogen and oxygen atoms in total. The number of nitrogens with zero attached hydrogens (tertiary/aromatic N) is 5. The summed E-state index contributed by atoms with van der Waals surface area (Å²) in [7, 11) is -3.19. The molecule has 0 aromatic carbocycles. The standard InChI is InChI=1S/C15H24N6O2S/c1-2-24(22,23)19-7-10-21-15-13(11-18-21)14(16-12-17-15)20-8-5-3-4-6-9-20/h11-12,19H,2-10H2,1H3. The summed E-state index contributed by atoms with van der Waals surface area (Å²) in [5, 5.41) is 5.30. The number of fused-ring (bicyclic) bond motifs is 1. The second-order valence-electron chi connectivity index (χ2n) is 6.00. The fourth-order valence-corrected chi connectivity index (χ4v) is 3.59. The van der Waals surface area contributed by atoms with Gasteiger partial charge in [-0.1, -0.05) is 12.8 Å². The van der Waals surface area contributed by atoms with Crippen molar-refractivity contribution in [2.75, 3.05) is 30.3 Å². The van der Waals surface area contributed by atoms with E-state index in [9.17, 15) is 8.42 Å². The Morgan fingerprint density at radius 1 is 1.17 bits per heavy atom. The molecule has 0 atom stereocenters. The smallest absolute Gasteiger partial charge is 0.211 e. The van der Waals surface area contributed by atoms with E-state index in [-0.39, 0.29) is 5.75 Å². The van der Waals surface area contributed by atoms with Gasteiger partial charge in [-0.15, -0.1) is 0 Å². The summed E-state index contributed by atoms with van der Waals surface area (Å²) in [6, 6.07) is 0. The maximum atomic E-state index is 11.5. The van der Waals surface area contributed by atoms with Gasteiger partial charge in [-0.2, -0.15) is 5.10 Å². The van der Waals surface area contributed by atoms with Crippen LogP contribution >= 0.6 is 0 Å². The topological polar surface area (TPSA) is 93.0 Å². The maximum Gasteiger partial charge on any atom is 0.211 e. The number of sulfonamides is 1. The van der Waals surface area contributed by atoms with Gasteiger partial charge in [0.25, 0.3) is 0 Å². The summed E-state index contributed by atoms with van der Waals surface area (Å²) in [5.41, 5.74) is 0.750. The van der Waals surface area contributed by atoms with Gasteiger partial charge >= 0.3 is 0 Å². The number of hydrogen-bond donors (Lipinski definition) is 1. The van der Waals surface area contributed by atoms with E-state index < -0.39 is 10.0 Å². The molecule has 3 heterocycles. The minimum Gasteiger partial charge on any atom is -0.356 e. The molecule has 132 valence electrons. The zero-order chi connectivity index (χ0) is 17.0. The van der Waals surface area contributed by atoms with Gasteiger partial charge < -0.3 is 4.90 Å². The van der Waals surface area contributed by atoms with Crippen LogP contribution < -0.4 is 9.62 Å². The molecular weight excluding hydrogens is 328 g/mol. The molecule has 1 aliphatic rings. The van der Waals surface area contributed by atoms with Crippen LogP contribution in [-0.2, 0) is 16.6 Å². The first-order valence-electron chi connectivity index (χ1n) is 8.49. The van der Waals surface area contributed by atoms with Crippen molar-refractivity contribution >= 4 is 26.9 Å². The Balaban J connectivity index is 1.78. The first-order valence-corrected chi connectivity index (χ1v) is 10.1. The van der Waals surface area contributed by atoms with Gasteiger partial charge in [0.05, 0.1) is 23.9 Å². The van der Waals surface area contributed by atoms with Crippen LogP contribution in [0.25, 0.3) is 11.0 Å². The van der Waals surface area contributed by atoms with Crippen molar-refractivity contribution in [2.45, 2.75) is 39.2 Å². The first kappa shape index (κ1) is 17.1. The lowest BCUT2D eigenvalue weighted by Crippen LogP contribution is -2.29. The Morgan fingerprint density at radius 2 is 1.92 bits per heavy atom. The molecule has 3 rings (SSSR count). The van der Waals surface area contributed by atoms with Crippen LogP contribution in [0.4, 0.5) is 5.82 Å². The summed E-state index contributed by atoms with van der Waals surface area (Å²) >= 11 is 0. The Morgan fingerprint density at radius 3 is 2.62 bits per heavy atom. The number of hydrogen-bond acceptors (Lipinski definition) is 6. The van der Waals surface area contributed by atoms with Crippen molar-refractivity contribution in [1.29, 1.82) is 0 Å². The van der Waals surface area contributed by atoms with E-state index >= 15 is 0 Å². The van der Waals surface area contributed by atoms with Crippen molar-refractivity contribution in [3.63, 3.8) is 0 Å². The van der Waals surface area contributed by atoms with Crippen LogP contribution in [0.1, 0.15) is 32.6 Å². The number of aromatic nitrogens is 4. The Hall–Kier alpha value is -1.74. The van der Waals surface area contributed by atoms with Crippen LogP contribution in [0.5, 0.6) is 0 Å². The first-order chi connectivity index (χ1) is 11.6. The highest BCUT2D eigenvalue weighted by molar-refractivity contribution is 7.89. The predicted octanol–water partition coefficient (Wildman–Crippen LogP) is 1.15. The summed E-state index contributed by atoms with van der Waals surface area (Å²) in [6.45, 7) is 4.38. The van der Waals surface area contributed by atoms with Crippen molar-refractivity contribution < 1.29 is 8.42 Å². The van der Waals surface area contributed by atoms with E-state index in [2.05, 4.69) is 24.7 Å². The number of nitrogens with one attached hydrogen (secondary N) is 1. The molecule has 0 spiro atoms. The van der Waals surface area contributed by atoms with Crippen molar-refractivity contribution in [3.8, 4) is 0 Å². The summed E-state index contributed by atoms with van der Waals surface area (Å²) in [6.07, 6.45) is 8.24. The van der Waals surface area contributed by atoms with Crippen LogP contribution in [0.15, 0.2) is 12.5 Å². The average molecular weight is 352 g/mol. The zero-order valence-corrected chi connectivity index (χ0v) is 14.8. The lowest BCUT2D eigenvalue weighted by molar-refractivity contribution is 0.565. The van der Waals surface area contributed by atoms with Crippen molar-refractivity contribution in [1.82, 2.24) is 24.5 Å². The third-order valence-corrected chi connectivity index (χ3v) is 5.75. The lowest BCUT2D eigenvalue weighted by Gasteiger charge is -2.21. The van der Waals surface area contributed by atoms with Crippen LogP contribution in [0, 0.1) is 0 Å². The molecule has 0 bridgehead atoms. The second-order valence-corrected chi connectivity index (χ2v) is 8.10. The summed E-state index contributed by atoms with van der Waals surface area (Å²) in [5.74, 6) is 1.01. The van der Waals surface area contributed by atoms with Crippen LogP contribution in [0.3, 0.4) is 0 Å². The Labute approximate surface area is 142 Å². The van der Waals surface area contributed by atoms with Gasteiger partial charge in [0, 0.05) is 19.6 Å². The Kier molecular flexibility index (Phi) is 5.30. The van der Waals surface area contributed by atoms with E-state index in [1.165, 1.54) is 25.7 Å². The molecule has 1 N–H and O–H groups in total. The quantitative estimate of drug-likeness (QED) is 0.838. The predicted molar refractivity (Wildman–Crippen MR) is 93.5 cm³/mol. The molecule has 2 aromatic rings. The van der Waals surface area contributed by atoms with Gasteiger partial charge in [-0.25, -0.2) is 27.8 Å². The number of rotatable bonds is 6. The van der Waals surface area contributed by atoms with E-state index in [0.717, 1.165) is 29.9 Å². The molecule has 2 aromatic heterocycles. The third-order valence-electron chi connectivity index (χ3n) is 4.34. The molecule has 0 saturated carbocycles. The normalized spacial score (nSPS) is 16.5. The molecule has 0 aliphatic carbocycles. The molecule has 1 fully saturated rings.